The summed E-state index contributed by atoms with van der Waals surface area (Å²) in [6.07, 6.45) is 0.879. The SMILES string of the molecule is CCCOCC(=O)Nc1cc(Cl)c(C)cc1Cl. The lowest BCUT2D eigenvalue weighted by molar-refractivity contribution is -0.120. The quantitative estimate of drug-likeness (QED) is 0.833. The lowest BCUT2D eigenvalue weighted by atomic mass is 10.2. The Morgan fingerprint density at radius 3 is 2.71 bits per heavy atom. The monoisotopic (exact) mass is 275 g/mol. The third kappa shape index (κ3) is 4.54. The first-order valence-electron chi connectivity index (χ1n) is 5.37. The van der Waals surface area contributed by atoms with E-state index in [1.54, 1.807) is 12.1 Å². The molecule has 0 atom stereocenters. The maximum Gasteiger partial charge on any atom is 0.250 e. The van der Waals surface area contributed by atoms with Crippen molar-refractivity contribution in [3.05, 3.63) is 27.7 Å². The van der Waals surface area contributed by atoms with Crippen LogP contribution in [-0.2, 0) is 9.53 Å². The van der Waals surface area contributed by atoms with Crippen LogP contribution in [0.4, 0.5) is 5.69 Å². The standard InChI is InChI=1S/C12H15Cl2NO2/c1-3-4-17-7-12(16)15-11-6-9(13)8(2)5-10(11)14/h5-6H,3-4,7H2,1-2H3,(H,15,16). The molecule has 1 aromatic carbocycles. The molecule has 3 nitrogen and oxygen atoms in total. The van der Waals surface area contributed by atoms with Crippen LogP contribution in [0.5, 0.6) is 0 Å². The molecule has 0 saturated carbocycles. The van der Waals surface area contributed by atoms with Crippen LogP contribution in [-0.4, -0.2) is 19.1 Å². The first-order chi connectivity index (χ1) is 8.04. The summed E-state index contributed by atoms with van der Waals surface area (Å²) in [6.45, 7) is 4.42. The topological polar surface area (TPSA) is 38.3 Å². The second-order valence-electron chi connectivity index (χ2n) is 3.68. The van der Waals surface area contributed by atoms with E-state index in [4.69, 9.17) is 27.9 Å². The summed E-state index contributed by atoms with van der Waals surface area (Å²) in [5, 5.41) is 3.69. The third-order valence-corrected chi connectivity index (χ3v) is 2.82. The minimum atomic E-state index is -0.236. The molecule has 0 unspecified atom stereocenters. The lowest BCUT2D eigenvalue weighted by Gasteiger charge is -2.09. The minimum Gasteiger partial charge on any atom is -0.372 e. The maximum atomic E-state index is 11.5. The second-order valence-corrected chi connectivity index (χ2v) is 4.50. The summed E-state index contributed by atoms with van der Waals surface area (Å²) in [4.78, 5) is 11.5. The van der Waals surface area contributed by atoms with Crippen LogP contribution >= 0.6 is 23.2 Å². The Morgan fingerprint density at radius 2 is 2.06 bits per heavy atom. The van der Waals surface area contributed by atoms with Crippen LogP contribution in [0.1, 0.15) is 18.9 Å². The average molecular weight is 276 g/mol. The summed E-state index contributed by atoms with van der Waals surface area (Å²) in [5.41, 5.74) is 1.38. The van der Waals surface area contributed by atoms with Gasteiger partial charge in [0, 0.05) is 11.6 Å². The van der Waals surface area contributed by atoms with Gasteiger partial charge < -0.3 is 10.1 Å². The number of rotatable bonds is 5. The van der Waals surface area contributed by atoms with E-state index in [1.807, 2.05) is 13.8 Å². The summed E-state index contributed by atoms with van der Waals surface area (Å²) in [5.74, 6) is -0.236. The molecule has 0 aliphatic heterocycles. The van der Waals surface area contributed by atoms with Gasteiger partial charge in [-0.2, -0.15) is 0 Å². The predicted octanol–water partition coefficient (Wildman–Crippen LogP) is 3.67. The lowest BCUT2D eigenvalue weighted by Crippen LogP contribution is -2.18. The summed E-state index contributed by atoms with van der Waals surface area (Å²) in [7, 11) is 0. The molecule has 1 rings (SSSR count). The number of carbonyl (C=O) groups excluding carboxylic acids is 1. The Labute approximate surface area is 111 Å². The van der Waals surface area contributed by atoms with Gasteiger partial charge in [0.05, 0.1) is 10.7 Å². The highest BCUT2D eigenvalue weighted by molar-refractivity contribution is 6.36. The number of aryl methyl sites for hydroxylation is 1. The number of anilines is 1. The van der Waals surface area contributed by atoms with Gasteiger partial charge in [-0.25, -0.2) is 0 Å². The number of ether oxygens (including phenoxy) is 1. The van der Waals surface area contributed by atoms with Gasteiger partial charge in [0.25, 0.3) is 0 Å². The van der Waals surface area contributed by atoms with Gasteiger partial charge in [-0.05, 0) is 31.0 Å². The van der Waals surface area contributed by atoms with Crippen LogP contribution in [0.15, 0.2) is 12.1 Å². The molecule has 0 spiro atoms. The molecule has 0 aliphatic rings. The number of halogens is 2. The van der Waals surface area contributed by atoms with Gasteiger partial charge in [-0.3, -0.25) is 4.79 Å². The van der Waals surface area contributed by atoms with Crippen LogP contribution < -0.4 is 5.32 Å². The zero-order valence-corrected chi connectivity index (χ0v) is 11.4. The van der Waals surface area contributed by atoms with Crippen molar-refractivity contribution in [2.45, 2.75) is 20.3 Å². The Bertz CT molecular complexity index is 408. The van der Waals surface area contributed by atoms with Crippen molar-refractivity contribution in [3.63, 3.8) is 0 Å². The fourth-order valence-electron chi connectivity index (χ4n) is 1.24. The van der Waals surface area contributed by atoms with E-state index in [1.165, 1.54) is 0 Å². The van der Waals surface area contributed by atoms with E-state index in [0.29, 0.717) is 22.3 Å². The van der Waals surface area contributed by atoms with Gasteiger partial charge >= 0.3 is 0 Å². The van der Waals surface area contributed by atoms with Gasteiger partial charge in [0.15, 0.2) is 0 Å². The molecule has 0 heterocycles. The zero-order chi connectivity index (χ0) is 12.8. The Balaban J connectivity index is 2.62. The third-order valence-electron chi connectivity index (χ3n) is 2.10. The van der Waals surface area contributed by atoms with Crippen LogP contribution in [0, 0.1) is 6.92 Å². The highest BCUT2D eigenvalue weighted by Crippen LogP contribution is 2.28. The molecule has 0 aliphatic carbocycles. The van der Waals surface area contributed by atoms with E-state index < -0.39 is 0 Å². The van der Waals surface area contributed by atoms with Crippen molar-refractivity contribution in [3.8, 4) is 0 Å². The number of hydrogen-bond acceptors (Lipinski definition) is 2. The predicted molar refractivity (Wildman–Crippen MR) is 70.9 cm³/mol. The first kappa shape index (κ1) is 14.3. The minimum absolute atomic E-state index is 0.0235. The number of amides is 1. The van der Waals surface area contributed by atoms with Gasteiger partial charge in [-0.1, -0.05) is 30.1 Å². The van der Waals surface area contributed by atoms with Crippen LogP contribution in [0.25, 0.3) is 0 Å². The molecule has 0 fully saturated rings. The molecule has 5 heteroatoms. The van der Waals surface area contributed by atoms with Crippen LogP contribution in [0.2, 0.25) is 10.0 Å². The fourth-order valence-corrected chi connectivity index (χ4v) is 1.67. The number of benzene rings is 1. The molecular weight excluding hydrogens is 261 g/mol. The van der Waals surface area contributed by atoms with Crippen molar-refractivity contribution in [1.29, 1.82) is 0 Å². The van der Waals surface area contributed by atoms with Gasteiger partial charge in [0.1, 0.15) is 6.61 Å². The molecule has 1 aromatic rings. The van der Waals surface area contributed by atoms with Crippen molar-refractivity contribution in [1.82, 2.24) is 0 Å². The largest absolute Gasteiger partial charge is 0.372 e. The molecule has 1 amide bonds. The van der Waals surface area contributed by atoms with Crippen molar-refractivity contribution in [2.75, 3.05) is 18.5 Å². The molecule has 0 aromatic heterocycles. The van der Waals surface area contributed by atoms with Crippen molar-refractivity contribution < 1.29 is 9.53 Å². The van der Waals surface area contributed by atoms with Crippen molar-refractivity contribution in [2.24, 2.45) is 0 Å². The maximum absolute atomic E-state index is 11.5. The molecular formula is C12H15Cl2NO2. The van der Waals surface area contributed by atoms with Crippen molar-refractivity contribution >= 4 is 34.8 Å². The molecule has 17 heavy (non-hydrogen) atoms. The summed E-state index contributed by atoms with van der Waals surface area (Å²) < 4.78 is 5.12. The van der Waals surface area contributed by atoms with Gasteiger partial charge in [0.2, 0.25) is 5.91 Å². The van der Waals surface area contributed by atoms with E-state index >= 15 is 0 Å². The van der Waals surface area contributed by atoms with E-state index in [0.717, 1.165) is 12.0 Å². The van der Waals surface area contributed by atoms with Gasteiger partial charge in [-0.15, -0.1) is 0 Å². The van der Waals surface area contributed by atoms with E-state index in [9.17, 15) is 4.79 Å². The molecule has 94 valence electrons. The molecule has 0 bridgehead atoms. The molecule has 1 N–H and O–H groups in total. The second kappa shape index (κ2) is 6.84. The highest BCUT2D eigenvalue weighted by atomic mass is 35.5. The smallest absolute Gasteiger partial charge is 0.250 e. The number of nitrogens with one attached hydrogen (secondary N) is 1. The number of carbonyl (C=O) groups is 1. The average Bonchev–Trinajstić information content (AvgIpc) is 2.26. The number of hydrogen-bond donors (Lipinski definition) is 1. The molecule has 0 saturated heterocycles. The fraction of sp³-hybridized carbons (Fsp3) is 0.417. The van der Waals surface area contributed by atoms with E-state index in [2.05, 4.69) is 5.32 Å². The Morgan fingerprint density at radius 1 is 1.35 bits per heavy atom. The summed E-state index contributed by atoms with van der Waals surface area (Å²) >= 11 is 11.9. The highest BCUT2D eigenvalue weighted by Gasteiger charge is 2.08. The molecule has 0 radical (unpaired) electrons. The van der Waals surface area contributed by atoms with Crippen LogP contribution in [0.3, 0.4) is 0 Å². The van der Waals surface area contributed by atoms with E-state index in [-0.39, 0.29) is 12.5 Å². The zero-order valence-electron chi connectivity index (χ0n) is 9.85. The Kier molecular flexibility index (Phi) is 5.75. The summed E-state index contributed by atoms with van der Waals surface area (Å²) in [6, 6.07) is 3.35. The first-order valence-corrected chi connectivity index (χ1v) is 6.13. The normalized spacial score (nSPS) is 10.4. The Hall–Kier alpha value is -0.770.